The van der Waals surface area contributed by atoms with Crippen molar-refractivity contribution in [3.63, 3.8) is 0 Å². The Bertz CT molecular complexity index is 949. The lowest BCUT2D eigenvalue weighted by Crippen LogP contribution is -2.33. The summed E-state index contributed by atoms with van der Waals surface area (Å²) in [6.45, 7) is 6.98. The van der Waals surface area contributed by atoms with Gasteiger partial charge in [-0.25, -0.2) is 17.1 Å². The number of rotatable bonds is 4. The molecule has 0 radical (unpaired) electrons. The summed E-state index contributed by atoms with van der Waals surface area (Å²) in [4.78, 5) is 4.56. The molecule has 27 heavy (non-hydrogen) atoms. The first kappa shape index (κ1) is 19.9. The van der Waals surface area contributed by atoms with E-state index in [2.05, 4.69) is 25.8 Å². The lowest BCUT2D eigenvalue weighted by Gasteiger charge is -2.22. The number of hydrogen-bond donors (Lipinski definition) is 0. The third-order valence-corrected chi connectivity index (χ3v) is 7.37. The second kappa shape index (κ2) is 7.64. The van der Waals surface area contributed by atoms with Crippen LogP contribution in [0.1, 0.15) is 31.9 Å². The van der Waals surface area contributed by atoms with E-state index in [9.17, 15) is 12.8 Å². The third kappa shape index (κ3) is 4.35. The van der Waals surface area contributed by atoms with E-state index in [0.717, 1.165) is 5.56 Å². The molecule has 1 aliphatic rings. The number of amidine groups is 1. The Hall–Kier alpha value is -1.86. The van der Waals surface area contributed by atoms with Gasteiger partial charge in [0.2, 0.25) is 0 Å². The maximum absolute atomic E-state index is 13.8. The predicted molar refractivity (Wildman–Crippen MR) is 109 cm³/mol. The van der Waals surface area contributed by atoms with Crippen molar-refractivity contribution in [1.82, 2.24) is 4.31 Å². The van der Waals surface area contributed by atoms with Crippen molar-refractivity contribution < 1.29 is 12.8 Å². The van der Waals surface area contributed by atoms with E-state index >= 15 is 0 Å². The van der Waals surface area contributed by atoms with Gasteiger partial charge in [0.15, 0.2) is 5.17 Å². The largest absolute Gasteiger partial charge is 0.265 e. The number of halogens is 1. The molecule has 2 aromatic rings. The van der Waals surface area contributed by atoms with Crippen LogP contribution < -0.4 is 0 Å². The number of sulfonamides is 1. The van der Waals surface area contributed by atoms with Crippen LogP contribution in [0, 0.1) is 5.82 Å². The Labute approximate surface area is 164 Å². The van der Waals surface area contributed by atoms with E-state index in [1.54, 1.807) is 30.3 Å². The van der Waals surface area contributed by atoms with E-state index in [0.29, 0.717) is 29.6 Å². The molecule has 0 fully saturated rings. The Balaban J connectivity index is 1.78. The minimum Gasteiger partial charge on any atom is -0.260 e. The quantitative estimate of drug-likeness (QED) is 0.755. The van der Waals surface area contributed by atoms with Gasteiger partial charge in [-0.2, -0.15) is 0 Å². The standard InChI is InChI=1S/C20H23FN2O2S2/c1-20(2,3)16-8-10-17(11-9-16)27(24,25)23-13-12-22-19(23)26-14-15-6-4-5-7-18(15)21/h4-11H,12-14H2,1-3H3. The summed E-state index contributed by atoms with van der Waals surface area (Å²) in [5.41, 5.74) is 1.56. The number of nitrogens with zero attached hydrogens (tertiary/aromatic N) is 2. The molecule has 0 N–H and O–H groups in total. The average molecular weight is 407 g/mol. The molecule has 0 saturated carbocycles. The Morgan fingerprint density at radius 1 is 1.11 bits per heavy atom. The zero-order valence-electron chi connectivity index (χ0n) is 15.6. The van der Waals surface area contributed by atoms with Crippen molar-refractivity contribution in [3.05, 3.63) is 65.5 Å². The number of hydrogen-bond acceptors (Lipinski definition) is 4. The molecular formula is C20H23FN2O2S2. The monoisotopic (exact) mass is 406 g/mol. The maximum atomic E-state index is 13.8. The van der Waals surface area contributed by atoms with E-state index in [4.69, 9.17) is 0 Å². The second-order valence-electron chi connectivity index (χ2n) is 7.40. The van der Waals surface area contributed by atoms with Crippen molar-refractivity contribution in [3.8, 4) is 0 Å². The normalized spacial score (nSPS) is 15.1. The van der Waals surface area contributed by atoms with E-state index in [-0.39, 0.29) is 16.1 Å². The van der Waals surface area contributed by atoms with Crippen molar-refractivity contribution >= 4 is 27.0 Å². The first-order valence-corrected chi connectivity index (χ1v) is 11.2. The number of benzene rings is 2. The van der Waals surface area contributed by atoms with Crippen molar-refractivity contribution in [2.75, 3.05) is 13.1 Å². The molecule has 0 saturated heterocycles. The highest BCUT2D eigenvalue weighted by molar-refractivity contribution is 8.14. The number of thioether (sulfide) groups is 1. The van der Waals surface area contributed by atoms with Gasteiger partial charge in [0.1, 0.15) is 5.82 Å². The van der Waals surface area contributed by atoms with Crippen LogP contribution in [0.3, 0.4) is 0 Å². The summed E-state index contributed by atoms with van der Waals surface area (Å²) >= 11 is 1.25. The topological polar surface area (TPSA) is 49.7 Å². The van der Waals surface area contributed by atoms with Crippen LogP contribution in [0.15, 0.2) is 58.4 Å². The van der Waals surface area contributed by atoms with Gasteiger partial charge in [-0.05, 0) is 34.7 Å². The van der Waals surface area contributed by atoms with Gasteiger partial charge in [0.25, 0.3) is 10.0 Å². The molecule has 0 bridgehead atoms. The van der Waals surface area contributed by atoms with Gasteiger partial charge >= 0.3 is 0 Å². The fraction of sp³-hybridized carbons (Fsp3) is 0.350. The lowest BCUT2D eigenvalue weighted by atomic mass is 9.87. The molecule has 3 rings (SSSR count). The highest BCUT2D eigenvalue weighted by Gasteiger charge is 2.31. The van der Waals surface area contributed by atoms with Crippen molar-refractivity contribution in [2.24, 2.45) is 4.99 Å². The van der Waals surface area contributed by atoms with Crippen LogP contribution in [-0.2, 0) is 21.2 Å². The molecular weight excluding hydrogens is 383 g/mol. The minimum atomic E-state index is -3.68. The van der Waals surface area contributed by atoms with Crippen LogP contribution in [0.5, 0.6) is 0 Å². The van der Waals surface area contributed by atoms with Crippen LogP contribution in [0.25, 0.3) is 0 Å². The molecule has 4 nitrogen and oxygen atoms in total. The van der Waals surface area contributed by atoms with Gasteiger partial charge in [0.05, 0.1) is 18.0 Å². The van der Waals surface area contributed by atoms with Crippen molar-refractivity contribution in [1.29, 1.82) is 0 Å². The third-order valence-electron chi connectivity index (χ3n) is 4.39. The van der Waals surface area contributed by atoms with Crippen LogP contribution >= 0.6 is 11.8 Å². The van der Waals surface area contributed by atoms with Gasteiger partial charge in [-0.3, -0.25) is 4.99 Å². The van der Waals surface area contributed by atoms with Crippen LogP contribution in [-0.4, -0.2) is 31.0 Å². The maximum Gasteiger partial charge on any atom is 0.265 e. The second-order valence-corrected chi connectivity index (χ2v) is 10.2. The summed E-state index contributed by atoms with van der Waals surface area (Å²) in [5, 5.41) is 0.415. The van der Waals surface area contributed by atoms with Crippen LogP contribution in [0.4, 0.5) is 4.39 Å². The molecule has 0 aromatic heterocycles. The molecule has 0 spiro atoms. The summed E-state index contributed by atoms with van der Waals surface area (Å²) in [6.07, 6.45) is 0. The summed E-state index contributed by atoms with van der Waals surface area (Å²) in [6, 6.07) is 13.5. The molecule has 7 heteroatoms. The first-order chi connectivity index (χ1) is 12.7. The highest BCUT2D eigenvalue weighted by Crippen LogP contribution is 2.28. The summed E-state index contributed by atoms with van der Waals surface area (Å²) in [5.74, 6) is 0.0382. The molecule has 1 aliphatic heterocycles. The summed E-state index contributed by atoms with van der Waals surface area (Å²) in [7, 11) is -3.68. The summed E-state index contributed by atoms with van der Waals surface area (Å²) < 4.78 is 41.2. The molecule has 2 aromatic carbocycles. The van der Waals surface area contributed by atoms with Gasteiger partial charge in [-0.1, -0.05) is 62.9 Å². The SMILES string of the molecule is CC(C)(C)c1ccc(S(=O)(=O)N2CCN=C2SCc2ccccc2F)cc1. The van der Waals surface area contributed by atoms with Crippen LogP contribution in [0.2, 0.25) is 0 Å². The lowest BCUT2D eigenvalue weighted by molar-refractivity contribution is 0.539. The average Bonchev–Trinajstić information content (AvgIpc) is 3.10. The fourth-order valence-electron chi connectivity index (χ4n) is 2.76. The zero-order chi connectivity index (χ0) is 19.7. The predicted octanol–water partition coefficient (Wildman–Crippen LogP) is 4.42. The molecule has 144 valence electrons. The molecule has 0 atom stereocenters. The van der Waals surface area contributed by atoms with E-state index in [1.807, 2.05) is 12.1 Å². The van der Waals surface area contributed by atoms with Gasteiger partial charge in [-0.15, -0.1) is 0 Å². The Morgan fingerprint density at radius 2 is 1.78 bits per heavy atom. The highest BCUT2D eigenvalue weighted by atomic mass is 32.2. The molecule has 0 aliphatic carbocycles. The first-order valence-electron chi connectivity index (χ1n) is 8.73. The zero-order valence-corrected chi connectivity index (χ0v) is 17.3. The van der Waals surface area contributed by atoms with Crippen molar-refractivity contribution in [2.45, 2.75) is 36.8 Å². The number of aliphatic imine (C=N–C) groups is 1. The van der Waals surface area contributed by atoms with Gasteiger partial charge < -0.3 is 0 Å². The molecule has 0 amide bonds. The van der Waals surface area contributed by atoms with Gasteiger partial charge in [0, 0.05) is 5.75 Å². The molecule has 1 heterocycles. The Kier molecular flexibility index (Phi) is 5.63. The Morgan fingerprint density at radius 3 is 2.41 bits per heavy atom. The fourth-order valence-corrected chi connectivity index (χ4v) is 5.47. The molecule has 0 unspecified atom stereocenters. The minimum absolute atomic E-state index is 0.0435. The van der Waals surface area contributed by atoms with E-state index < -0.39 is 10.0 Å². The smallest absolute Gasteiger partial charge is 0.260 e. The van der Waals surface area contributed by atoms with E-state index in [1.165, 1.54) is 22.1 Å².